The van der Waals surface area contributed by atoms with Crippen LogP contribution >= 0.6 is 0 Å². The van der Waals surface area contributed by atoms with Crippen molar-refractivity contribution in [3.8, 4) is 0 Å². The molecule has 1 aromatic heterocycles. The highest BCUT2D eigenvalue weighted by Crippen LogP contribution is 2.10. The SMILES string of the molecule is CC(C)CS(=O)(=O)c1nccn1C. The fourth-order valence-electron chi connectivity index (χ4n) is 1.16. The zero-order chi connectivity index (χ0) is 10.1. The van der Waals surface area contributed by atoms with E-state index in [0.717, 1.165) is 0 Å². The van der Waals surface area contributed by atoms with Crippen molar-refractivity contribution in [3.63, 3.8) is 0 Å². The molecule has 0 aromatic carbocycles. The van der Waals surface area contributed by atoms with E-state index in [1.165, 1.54) is 10.8 Å². The Hall–Kier alpha value is -0.840. The number of hydrogen-bond donors (Lipinski definition) is 0. The summed E-state index contributed by atoms with van der Waals surface area (Å²) in [5.74, 6) is 0.277. The van der Waals surface area contributed by atoms with E-state index < -0.39 is 9.84 Å². The van der Waals surface area contributed by atoms with Crippen LogP contribution in [0, 0.1) is 5.92 Å². The summed E-state index contributed by atoms with van der Waals surface area (Å²) in [6.07, 6.45) is 3.13. The van der Waals surface area contributed by atoms with E-state index in [2.05, 4.69) is 4.98 Å². The number of aromatic nitrogens is 2. The summed E-state index contributed by atoms with van der Waals surface area (Å²) in [5.41, 5.74) is 0. The Kier molecular flexibility index (Phi) is 2.75. The average molecular weight is 202 g/mol. The fourth-order valence-corrected chi connectivity index (χ4v) is 2.91. The molecule has 0 aliphatic carbocycles. The molecule has 5 heteroatoms. The number of sulfone groups is 1. The molecule has 0 radical (unpaired) electrons. The quantitative estimate of drug-likeness (QED) is 0.730. The van der Waals surface area contributed by atoms with Crippen molar-refractivity contribution in [2.45, 2.75) is 19.0 Å². The molecule has 0 bridgehead atoms. The van der Waals surface area contributed by atoms with Gasteiger partial charge in [-0.25, -0.2) is 13.4 Å². The molecule has 0 aliphatic heterocycles. The first-order chi connectivity index (χ1) is 5.93. The smallest absolute Gasteiger partial charge is 0.227 e. The second kappa shape index (κ2) is 3.49. The topological polar surface area (TPSA) is 52.0 Å². The van der Waals surface area contributed by atoms with E-state index in [0.29, 0.717) is 0 Å². The minimum Gasteiger partial charge on any atom is -0.325 e. The van der Waals surface area contributed by atoms with Crippen LogP contribution < -0.4 is 0 Å². The van der Waals surface area contributed by atoms with Crippen molar-refractivity contribution in [1.82, 2.24) is 9.55 Å². The summed E-state index contributed by atoms with van der Waals surface area (Å²) < 4.78 is 24.8. The maximum Gasteiger partial charge on any atom is 0.227 e. The summed E-state index contributed by atoms with van der Waals surface area (Å²) in [6, 6.07) is 0. The molecule has 0 saturated heterocycles. The van der Waals surface area contributed by atoms with Crippen molar-refractivity contribution < 1.29 is 8.42 Å². The van der Waals surface area contributed by atoms with Gasteiger partial charge < -0.3 is 4.57 Å². The fraction of sp³-hybridized carbons (Fsp3) is 0.625. The summed E-state index contributed by atoms with van der Waals surface area (Å²) >= 11 is 0. The summed E-state index contributed by atoms with van der Waals surface area (Å²) in [7, 11) is -1.51. The van der Waals surface area contributed by atoms with Gasteiger partial charge in [0.2, 0.25) is 15.0 Å². The highest BCUT2D eigenvalue weighted by molar-refractivity contribution is 7.91. The molecule has 0 fully saturated rings. The van der Waals surface area contributed by atoms with E-state index in [1.807, 2.05) is 13.8 Å². The number of nitrogens with zero attached hydrogens (tertiary/aromatic N) is 2. The van der Waals surface area contributed by atoms with Crippen LogP contribution in [-0.2, 0) is 16.9 Å². The summed E-state index contributed by atoms with van der Waals surface area (Å²) in [4.78, 5) is 3.82. The Morgan fingerprint density at radius 2 is 2.15 bits per heavy atom. The van der Waals surface area contributed by atoms with Gasteiger partial charge in [-0.3, -0.25) is 0 Å². The molecule has 0 aliphatic rings. The minimum atomic E-state index is -3.20. The predicted octanol–water partition coefficient (Wildman–Crippen LogP) is 0.850. The van der Waals surface area contributed by atoms with Gasteiger partial charge in [-0.1, -0.05) is 13.8 Å². The van der Waals surface area contributed by atoms with Crippen molar-refractivity contribution in [2.75, 3.05) is 5.75 Å². The van der Waals surface area contributed by atoms with Crippen molar-refractivity contribution >= 4 is 9.84 Å². The third-order valence-corrected chi connectivity index (χ3v) is 3.66. The van der Waals surface area contributed by atoms with Crippen molar-refractivity contribution in [3.05, 3.63) is 12.4 Å². The highest BCUT2D eigenvalue weighted by Gasteiger charge is 2.20. The Labute approximate surface area is 78.5 Å². The van der Waals surface area contributed by atoms with Crippen LogP contribution in [0.5, 0.6) is 0 Å². The molecule has 1 heterocycles. The highest BCUT2D eigenvalue weighted by atomic mass is 32.2. The van der Waals surface area contributed by atoms with Crippen LogP contribution in [-0.4, -0.2) is 23.7 Å². The number of imidazole rings is 1. The number of rotatable bonds is 3. The molecular weight excluding hydrogens is 188 g/mol. The first-order valence-corrected chi connectivity index (χ1v) is 5.79. The van der Waals surface area contributed by atoms with Gasteiger partial charge in [0.15, 0.2) is 0 Å². The monoisotopic (exact) mass is 202 g/mol. The zero-order valence-corrected chi connectivity index (χ0v) is 8.87. The number of hydrogen-bond acceptors (Lipinski definition) is 3. The van der Waals surface area contributed by atoms with Gasteiger partial charge >= 0.3 is 0 Å². The molecule has 0 unspecified atom stereocenters. The lowest BCUT2D eigenvalue weighted by Gasteiger charge is -2.05. The first-order valence-electron chi connectivity index (χ1n) is 4.13. The standard InChI is InChI=1S/C8H14N2O2S/c1-7(2)6-13(11,12)8-9-4-5-10(8)3/h4-5,7H,6H2,1-3H3. The van der Waals surface area contributed by atoms with Gasteiger partial charge in [0.25, 0.3) is 0 Å². The van der Waals surface area contributed by atoms with Gasteiger partial charge in [-0.05, 0) is 5.92 Å². The van der Waals surface area contributed by atoms with Crippen LogP contribution in [0.25, 0.3) is 0 Å². The molecule has 0 spiro atoms. The van der Waals surface area contributed by atoms with Crippen molar-refractivity contribution in [1.29, 1.82) is 0 Å². The second-order valence-electron chi connectivity index (χ2n) is 3.50. The lowest BCUT2D eigenvalue weighted by molar-refractivity contribution is 0.566. The summed E-state index contributed by atoms with van der Waals surface area (Å²) in [6.45, 7) is 3.75. The predicted molar refractivity (Wildman–Crippen MR) is 50.1 cm³/mol. The molecule has 0 amide bonds. The maximum absolute atomic E-state index is 11.6. The van der Waals surface area contributed by atoms with Crippen LogP contribution in [0.1, 0.15) is 13.8 Å². The van der Waals surface area contributed by atoms with E-state index >= 15 is 0 Å². The molecular formula is C8H14N2O2S. The first kappa shape index (κ1) is 10.2. The molecule has 0 atom stereocenters. The molecule has 0 N–H and O–H groups in total. The third kappa shape index (κ3) is 2.30. The molecule has 1 rings (SSSR count). The second-order valence-corrected chi connectivity index (χ2v) is 5.42. The van der Waals surface area contributed by atoms with Gasteiger partial charge in [0.1, 0.15) is 0 Å². The largest absolute Gasteiger partial charge is 0.325 e. The maximum atomic E-state index is 11.6. The Balaban J connectivity index is 3.02. The van der Waals surface area contributed by atoms with Crippen molar-refractivity contribution in [2.24, 2.45) is 13.0 Å². The van der Waals surface area contributed by atoms with Crippen LogP contribution in [0.15, 0.2) is 17.6 Å². The van der Waals surface area contributed by atoms with E-state index in [4.69, 9.17) is 0 Å². The Morgan fingerprint density at radius 1 is 1.54 bits per heavy atom. The van der Waals surface area contributed by atoms with Gasteiger partial charge in [-0.2, -0.15) is 0 Å². The van der Waals surface area contributed by atoms with E-state index in [1.54, 1.807) is 13.2 Å². The number of aryl methyl sites for hydroxylation is 1. The third-order valence-electron chi connectivity index (χ3n) is 1.61. The van der Waals surface area contributed by atoms with Gasteiger partial charge in [0, 0.05) is 19.4 Å². The van der Waals surface area contributed by atoms with Gasteiger partial charge in [0.05, 0.1) is 5.75 Å². The molecule has 0 saturated carbocycles. The zero-order valence-electron chi connectivity index (χ0n) is 8.06. The molecule has 13 heavy (non-hydrogen) atoms. The van der Waals surface area contributed by atoms with Crippen LogP contribution in [0.3, 0.4) is 0 Å². The molecule has 4 nitrogen and oxygen atoms in total. The van der Waals surface area contributed by atoms with E-state index in [9.17, 15) is 8.42 Å². The average Bonchev–Trinajstić information content (AvgIpc) is 2.32. The Morgan fingerprint density at radius 3 is 2.54 bits per heavy atom. The minimum absolute atomic E-state index is 0.127. The van der Waals surface area contributed by atoms with E-state index in [-0.39, 0.29) is 16.8 Å². The van der Waals surface area contributed by atoms with Crippen LogP contribution in [0.2, 0.25) is 0 Å². The Bertz CT molecular complexity index is 379. The molecule has 1 aromatic rings. The lowest BCUT2D eigenvalue weighted by atomic mass is 10.3. The lowest BCUT2D eigenvalue weighted by Crippen LogP contribution is -2.15. The van der Waals surface area contributed by atoms with Gasteiger partial charge in [-0.15, -0.1) is 0 Å². The molecule has 74 valence electrons. The normalized spacial score (nSPS) is 12.3. The van der Waals surface area contributed by atoms with Crippen LogP contribution in [0.4, 0.5) is 0 Å². The summed E-state index contributed by atoms with van der Waals surface area (Å²) in [5, 5.41) is 0.154.